The predicted octanol–water partition coefficient (Wildman–Crippen LogP) is 1.81. The fourth-order valence-corrected chi connectivity index (χ4v) is 1.40. The molecule has 14 heavy (non-hydrogen) atoms. The molecule has 0 bridgehead atoms. The number of carbonyl (C=O) groups excluding carboxylic acids is 2. The molecule has 0 radical (unpaired) electrons. The third-order valence-corrected chi connectivity index (χ3v) is 2.11. The van der Waals surface area contributed by atoms with Crippen molar-refractivity contribution in [2.75, 3.05) is 7.11 Å². The zero-order chi connectivity index (χ0) is 10.6. The van der Waals surface area contributed by atoms with Crippen molar-refractivity contribution in [3.63, 3.8) is 0 Å². The molecule has 0 heterocycles. The quantitative estimate of drug-likeness (QED) is 0.683. The van der Waals surface area contributed by atoms with E-state index in [0.29, 0.717) is 16.9 Å². The average Bonchev–Trinajstić information content (AvgIpc) is 2.26. The van der Waals surface area contributed by atoms with Crippen molar-refractivity contribution in [1.82, 2.24) is 0 Å². The van der Waals surface area contributed by atoms with Crippen molar-refractivity contribution in [1.29, 1.82) is 0 Å². The molecule has 1 aromatic rings. The lowest BCUT2D eigenvalue weighted by atomic mass is 9.96. The lowest BCUT2D eigenvalue weighted by Gasteiger charge is -2.12. The Hall–Kier alpha value is -1.64. The molecule has 0 N–H and O–H groups in total. The minimum absolute atomic E-state index is 0.327. The van der Waals surface area contributed by atoms with Gasteiger partial charge in [-0.3, -0.25) is 4.79 Å². The Balaban J connectivity index is 3.32. The normalized spacial score (nSPS) is 11.9. The summed E-state index contributed by atoms with van der Waals surface area (Å²) in [7, 11) is 1.52. The molecule has 0 aliphatic rings. The smallest absolute Gasteiger partial charge is 0.150 e. The van der Waals surface area contributed by atoms with E-state index in [1.807, 2.05) is 0 Å². The Morgan fingerprint density at radius 1 is 1.36 bits per heavy atom. The molecule has 74 valence electrons. The van der Waals surface area contributed by atoms with Crippen LogP contribution in [0.3, 0.4) is 0 Å². The van der Waals surface area contributed by atoms with Gasteiger partial charge in [0, 0.05) is 17.0 Å². The molecule has 1 aromatic carbocycles. The maximum atomic E-state index is 10.7. The van der Waals surface area contributed by atoms with Crippen LogP contribution in [0, 0.1) is 0 Å². The van der Waals surface area contributed by atoms with Gasteiger partial charge in [0.15, 0.2) is 0 Å². The van der Waals surface area contributed by atoms with Crippen LogP contribution >= 0.6 is 0 Å². The largest absolute Gasteiger partial charge is 0.496 e. The maximum absolute atomic E-state index is 10.7. The first kappa shape index (κ1) is 10.4. The van der Waals surface area contributed by atoms with E-state index in [1.165, 1.54) is 7.11 Å². The molecule has 0 saturated carbocycles. The Bertz CT molecular complexity index is 344. The topological polar surface area (TPSA) is 43.4 Å². The molecule has 3 heteroatoms. The number of aldehydes is 2. The summed E-state index contributed by atoms with van der Waals surface area (Å²) < 4.78 is 5.09. The van der Waals surface area contributed by atoms with Gasteiger partial charge in [0.25, 0.3) is 0 Å². The monoisotopic (exact) mass is 192 g/mol. The van der Waals surface area contributed by atoms with Crippen LogP contribution in [0.2, 0.25) is 0 Å². The van der Waals surface area contributed by atoms with Crippen molar-refractivity contribution in [2.45, 2.75) is 12.8 Å². The summed E-state index contributed by atoms with van der Waals surface area (Å²) in [6.07, 6.45) is 1.53. The number of hydrogen-bond acceptors (Lipinski definition) is 3. The number of benzene rings is 1. The minimum Gasteiger partial charge on any atom is -0.496 e. The first-order valence-electron chi connectivity index (χ1n) is 4.32. The zero-order valence-electron chi connectivity index (χ0n) is 8.19. The highest BCUT2D eigenvalue weighted by Crippen LogP contribution is 2.27. The summed E-state index contributed by atoms with van der Waals surface area (Å²) in [5, 5.41) is 0. The van der Waals surface area contributed by atoms with Crippen molar-refractivity contribution >= 4 is 12.6 Å². The third-order valence-electron chi connectivity index (χ3n) is 2.11. The molecule has 0 saturated heterocycles. The van der Waals surface area contributed by atoms with Crippen LogP contribution in [-0.4, -0.2) is 19.7 Å². The lowest BCUT2D eigenvalue weighted by molar-refractivity contribution is -0.108. The second-order valence-corrected chi connectivity index (χ2v) is 3.01. The van der Waals surface area contributed by atoms with Crippen LogP contribution in [0.5, 0.6) is 5.75 Å². The molecule has 1 unspecified atom stereocenters. The molecule has 0 aliphatic heterocycles. The molecular weight excluding hydrogens is 180 g/mol. The molecule has 0 aliphatic carbocycles. The van der Waals surface area contributed by atoms with Gasteiger partial charge in [-0.05, 0) is 6.07 Å². The highest BCUT2D eigenvalue weighted by atomic mass is 16.5. The highest BCUT2D eigenvalue weighted by molar-refractivity contribution is 5.82. The van der Waals surface area contributed by atoms with E-state index in [1.54, 1.807) is 25.1 Å². The fourth-order valence-electron chi connectivity index (χ4n) is 1.40. The predicted molar refractivity (Wildman–Crippen MR) is 52.9 cm³/mol. The van der Waals surface area contributed by atoms with Gasteiger partial charge in [0.2, 0.25) is 0 Å². The van der Waals surface area contributed by atoms with Crippen molar-refractivity contribution in [3.05, 3.63) is 29.3 Å². The van der Waals surface area contributed by atoms with Gasteiger partial charge >= 0.3 is 0 Å². The van der Waals surface area contributed by atoms with Gasteiger partial charge < -0.3 is 9.53 Å². The molecule has 1 rings (SSSR count). The van der Waals surface area contributed by atoms with E-state index < -0.39 is 0 Å². The van der Waals surface area contributed by atoms with E-state index in [2.05, 4.69) is 0 Å². The van der Waals surface area contributed by atoms with Gasteiger partial charge in [-0.25, -0.2) is 0 Å². The van der Waals surface area contributed by atoms with Gasteiger partial charge in [-0.15, -0.1) is 0 Å². The van der Waals surface area contributed by atoms with Crippen LogP contribution in [0.1, 0.15) is 28.8 Å². The van der Waals surface area contributed by atoms with E-state index in [0.717, 1.165) is 12.6 Å². The Morgan fingerprint density at radius 3 is 2.57 bits per heavy atom. The molecule has 3 nitrogen and oxygen atoms in total. The summed E-state index contributed by atoms with van der Waals surface area (Å²) in [4.78, 5) is 21.4. The van der Waals surface area contributed by atoms with Gasteiger partial charge in [-0.1, -0.05) is 19.1 Å². The molecule has 0 spiro atoms. The summed E-state index contributed by atoms with van der Waals surface area (Å²) in [5.74, 6) is 0.251. The lowest BCUT2D eigenvalue weighted by Crippen LogP contribution is -2.03. The number of methoxy groups -OCH3 is 1. The first-order chi connectivity index (χ1) is 6.74. The standard InChI is InChI=1S/C11H12O3/c1-8(6-12)11-9(7-13)4-3-5-10(11)14-2/h3-8H,1-2H3. The summed E-state index contributed by atoms with van der Waals surface area (Å²) in [6.45, 7) is 1.73. The summed E-state index contributed by atoms with van der Waals surface area (Å²) in [6, 6.07) is 5.14. The Labute approximate surface area is 82.7 Å². The SMILES string of the molecule is COc1cccc(C=O)c1C(C)C=O. The van der Waals surface area contributed by atoms with E-state index >= 15 is 0 Å². The summed E-state index contributed by atoms with van der Waals surface area (Å²) in [5.41, 5.74) is 1.16. The van der Waals surface area contributed by atoms with Crippen molar-refractivity contribution in [3.8, 4) is 5.75 Å². The summed E-state index contributed by atoms with van der Waals surface area (Å²) >= 11 is 0. The maximum Gasteiger partial charge on any atom is 0.150 e. The first-order valence-corrected chi connectivity index (χ1v) is 4.32. The molecule has 0 amide bonds. The molecule has 0 aromatic heterocycles. The second-order valence-electron chi connectivity index (χ2n) is 3.01. The van der Waals surface area contributed by atoms with Crippen LogP contribution in [0.25, 0.3) is 0 Å². The second kappa shape index (κ2) is 4.56. The highest BCUT2D eigenvalue weighted by Gasteiger charge is 2.14. The van der Waals surface area contributed by atoms with Gasteiger partial charge in [0.05, 0.1) is 7.11 Å². The van der Waals surface area contributed by atoms with E-state index in [-0.39, 0.29) is 5.92 Å². The van der Waals surface area contributed by atoms with E-state index in [4.69, 9.17) is 4.74 Å². The molecular formula is C11H12O3. The number of rotatable bonds is 4. The number of hydrogen-bond donors (Lipinski definition) is 0. The van der Waals surface area contributed by atoms with Crippen LogP contribution in [0.4, 0.5) is 0 Å². The average molecular weight is 192 g/mol. The number of carbonyl (C=O) groups is 2. The minimum atomic E-state index is -0.327. The van der Waals surface area contributed by atoms with E-state index in [9.17, 15) is 9.59 Å². The zero-order valence-corrected chi connectivity index (χ0v) is 8.19. The Kier molecular flexibility index (Phi) is 3.40. The Morgan fingerprint density at radius 2 is 2.07 bits per heavy atom. The van der Waals surface area contributed by atoms with Crippen LogP contribution in [-0.2, 0) is 4.79 Å². The molecule has 1 atom stereocenters. The third kappa shape index (κ3) is 1.82. The van der Waals surface area contributed by atoms with Gasteiger partial charge in [0.1, 0.15) is 18.3 Å². The van der Waals surface area contributed by atoms with Gasteiger partial charge in [-0.2, -0.15) is 0 Å². The van der Waals surface area contributed by atoms with Crippen LogP contribution in [0.15, 0.2) is 18.2 Å². The fraction of sp³-hybridized carbons (Fsp3) is 0.273. The van der Waals surface area contributed by atoms with Crippen LogP contribution < -0.4 is 4.74 Å². The van der Waals surface area contributed by atoms with Crippen molar-refractivity contribution in [2.24, 2.45) is 0 Å². The number of ether oxygens (including phenoxy) is 1. The van der Waals surface area contributed by atoms with Crippen molar-refractivity contribution < 1.29 is 14.3 Å². The molecule has 0 fully saturated rings.